The maximum absolute atomic E-state index is 5.88. The quantitative estimate of drug-likeness (QED) is 0.901. The number of pyridine rings is 1. The molecule has 0 amide bonds. The van der Waals surface area contributed by atoms with Crippen LogP contribution in [0.2, 0.25) is 0 Å². The predicted octanol–water partition coefficient (Wildman–Crippen LogP) is 2.66. The van der Waals surface area contributed by atoms with E-state index < -0.39 is 0 Å². The first-order valence-corrected chi connectivity index (χ1v) is 5.60. The summed E-state index contributed by atoms with van der Waals surface area (Å²) in [5.41, 5.74) is 9.46. The zero-order valence-electron chi connectivity index (χ0n) is 10.7. The molecule has 1 aromatic carbocycles. The van der Waals surface area contributed by atoms with Crippen molar-refractivity contribution < 1.29 is 9.47 Å². The molecule has 2 aromatic rings. The predicted molar refractivity (Wildman–Crippen MR) is 71.9 cm³/mol. The van der Waals surface area contributed by atoms with Crippen LogP contribution in [0, 0.1) is 6.92 Å². The lowest BCUT2D eigenvalue weighted by Gasteiger charge is -2.13. The van der Waals surface area contributed by atoms with Gasteiger partial charge < -0.3 is 15.2 Å². The van der Waals surface area contributed by atoms with Gasteiger partial charge in [0.25, 0.3) is 0 Å². The Labute approximate surface area is 106 Å². The van der Waals surface area contributed by atoms with E-state index in [4.69, 9.17) is 15.2 Å². The van der Waals surface area contributed by atoms with Crippen LogP contribution in [-0.2, 0) is 0 Å². The Hall–Kier alpha value is -2.23. The fourth-order valence-corrected chi connectivity index (χ4v) is 1.83. The summed E-state index contributed by atoms with van der Waals surface area (Å²) >= 11 is 0. The topological polar surface area (TPSA) is 57.4 Å². The SMILES string of the molecule is COc1ccc(-c2cncc(N)c2C)c(OC)c1. The van der Waals surface area contributed by atoms with Crippen LogP contribution in [0.1, 0.15) is 5.56 Å². The van der Waals surface area contributed by atoms with Crippen molar-refractivity contribution in [1.82, 2.24) is 4.98 Å². The molecule has 0 atom stereocenters. The number of hydrogen-bond acceptors (Lipinski definition) is 4. The van der Waals surface area contributed by atoms with Gasteiger partial charge >= 0.3 is 0 Å². The van der Waals surface area contributed by atoms with Crippen molar-refractivity contribution >= 4 is 5.69 Å². The van der Waals surface area contributed by atoms with E-state index in [1.807, 2.05) is 25.1 Å². The fraction of sp³-hybridized carbons (Fsp3) is 0.214. The van der Waals surface area contributed by atoms with Crippen LogP contribution in [0.4, 0.5) is 5.69 Å². The van der Waals surface area contributed by atoms with Gasteiger partial charge in [0.15, 0.2) is 0 Å². The van der Waals surface area contributed by atoms with Crippen molar-refractivity contribution in [3.8, 4) is 22.6 Å². The summed E-state index contributed by atoms with van der Waals surface area (Å²) < 4.78 is 10.6. The maximum Gasteiger partial charge on any atom is 0.130 e. The molecule has 0 radical (unpaired) electrons. The highest BCUT2D eigenvalue weighted by atomic mass is 16.5. The minimum Gasteiger partial charge on any atom is -0.497 e. The molecule has 2 rings (SSSR count). The van der Waals surface area contributed by atoms with Crippen molar-refractivity contribution in [2.24, 2.45) is 0 Å². The first kappa shape index (κ1) is 12.2. The summed E-state index contributed by atoms with van der Waals surface area (Å²) in [4.78, 5) is 4.13. The van der Waals surface area contributed by atoms with Gasteiger partial charge in [-0.1, -0.05) is 0 Å². The Balaban J connectivity index is 2.60. The number of hydrogen-bond donors (Lipinski definition) is 1. The number of nitrogens with two attached hydrogens (primary N) is 1. The molecule has 0 bridgehead atoms. The van der Waals surface area contributed by atoms with Gasteiger partial charge in [0.05, 0.1) is 26.1 Å². The minimum absolute atomic E-state index is 0.672. The number of rotatable bonds is 3. The molecule has 94 valence electrons. The van der Waals surface area contributed by atoms with Crippen LogP contribution in [0.5, 0.6) is 11.5 Å². The van der Waals surface area contributed by atoms with E-state index in [1.54, 1.807) is 26.6 Å². The number of methoxy groups -OCH3 is 2. The molecule has 18 heavy (non-hydrogen) atoms. The van der Waals surface area contributed by atoms with Gasteiger partial charge in [0, 0.05) is 23.4 Å². The lowest BCUT2D eigenvalue weighted by Crippen LogP contribution is -1.96. The molecule has 4 heteroatoms. The third-order valence-electron chi connectivity index (χ3n) is 2.95. The van der Waals surface area contributed by atoms with E-state index in [2.05, 4.69) is 4.98 Å². The minimum atomic E-state index is 0.672. The van der Waals surface area contributed by atoms with Crippen LogP contribution < -0.4 is 15.2 Å². The molecule has 0 aliphatic rings. The van der Waals surface area contributed by atoms with Crippen LogP contribution in [0.15, 0.2) is 30.6 Å². The number of nitrogen functional groups attached to an aromatic ring is 1. The van der Waals surface area contributed by atoms with E-state index >= 15 is 0 Å². The number of benzene rings is 1. The molecule has 0 spiro atoms. The van der Waals surface area contributed by atoms with E-state index in [9.17, 15) is 0 Å². The molecule has 1 aromatic heterocycles. The molecule has 0 fully saturated rings. The first-order valence-electron chi connectivity index (χ1n) is 5.60. The van der Waals surface area contributed by atoms with Gasteiger partial charge in [0.1, 0.15) is 11.5 Å². The highest BCUT2D eigenvalue weighted by molar-refractivity contribution is 5.76. The Morgan fingerprint density at radius 2 is 1.83 bits per heavy atom. The maximum atomic E-state index is 5.88. The summed E-state index contributed by atoms with van der Waals surface area (Å²) in [6, 6.07) is 5.68. The van der Waals surface area contributed by atoms with Gasteiger partial charge in [-0.05, 0) is 24.6 Å². The Kier molecular flexibility index (Phi) is 3.37. The molecule has 0 aliphatic carbocycles. The average Bonchev–Trinajstić information content (AvgIpc) is 2.41. The van der Waals surface area contributed by atoms with Gasteiger partial charge in [-0.25, -0.2) is 0 Å². The third kappa shape index (κ3) is 2.09. The van der Waals surface area contributed by atoms with E-state index in [1.165, 1.54) is 0 Å². The second kappa shape index (κ2) is 4.96. The largest absolute Gasteiger partial charge is 0.497 e. The summed E-state index contributed by atoms with van der Waals surface area (Å²) in [5.74, 6) is 1.50. The lowest BCUT2D eigenvalue weighted by molar-refractivity contribution is 0.395. The zero-order chi connectivity index (χ0) is 13.1. The molecule has 2 N–H and O–H groups in total. The Morgan fingerprint density at radius 1 is 1.06 bits per heavy atom. The number of aromatic nitrogens is 1. The summed E-state index contributed by atoms with van der Waals surface area (Å²) in [7, 11) is 3.26. The van der Waals surface area contributed by atoms with Crippen LogP contribution in [-0.4, -0.2) is 19.2 Å². The lowest BCUT2D eigenvalue weighted by atomic mass is 10.0. The zero-order valence-corrected chi connectivity index (χ0v) is 10.7. The molecule has 0 saturated carbocycles. The number of ether oxygens (including phenoxy) is 2. The second-order valence-electron chi connectivity index (χ2n) is 3.97. The number of anilines is 1. The van der Waals surface area contributed by atoms with Gasteiger partial charge in [-0.2, -0.15) is 0 Å². The molecular formula is C14H16N2O2. The Bertz CT molecular complexity index is 568. The van der Waals surface area contributed by atoms with Crippen LogP contribution in [0.3, 0.4) is 0 Å². The van der Waals surface area contributed by atoms with Crippen molar-refractivity contribution in [1.29, 1.82) is 0 Å². The average molecular weight is 244 g/mol. The van der Waals surface area contributed by atoms with Crippen LogP contribution >= 0.6 is 0 Å². The van der Waals surface area contributed by atoms with Crippen LogP contribution in [0.25, 0.3) is 11.1 Å². The van der Waals surface area contributed by atoms with E-state index in [-0.39, 0.29) is 0 Å². The third-order valence-corrected chi connectivity index (χ3v) is 2.95. The van der Waals surface area contributed by atoms with E-state index in [0.717, 1.165) is 28.2 Å². The molecule has 4 nitrogen and oxygen atoms in total. The first-order chi connectivity index (χ1) is 8.67. The van der Waals surface area contributed by atoms with Crippen molar-refractivity contribution in [3.63, 3.8) is 0 Å². The molecule has 0 saturated heterocycles. The van der Waals surface area contributed by atoms with Gasteiger partial charge in [-0.15, -0.1) is 0 Å². The van der Waals surface area contributed by atoms with Crippen molar-refractivity contribution in [2.75, 3.05) is 20.0 Å². The Morgan fingerprint density at radius 3 is 2.50 bits per heavy atom. The smallest absolute Gasteiger partial charge is 0.130 e. The standard InChI is InChI=1S/C14H16N2O2/c1-9-12(7-16-8-13(9)15)11-5-4-10(17-2)6-14(11)18-3/h4-8H,15H2,1-3H3. The normalized spacial score (nSPS) is 10.2. The van der Waals surface area contributed by atoms with E-state index in [0.29, 0.717) is 5.69 Å². The van der Waals surface area contributed by atoms with Crippen molar-refractivity contribution in [3.05, 3.63) is 36.2 Å². The van der Waals surface area contributed by atoms with Gasteiger partial charge in [0.2, 0.25) is 0 Å². The molecular weight excluding hydrogens is 228 g/mol. The highest BCUT2D eigenvalue weighted by Crippen LogP contribution is 2.35. The molecule has 0 unspecified atom stereocenters. The summed E-state index contributed by atoms with van der Waals surface area (Å²) in [6.45, 7) is 1.97. The monoisotopic (exact) mass is 244 g/mol. The summed E-state index contributed by atoms with van der Waals surface area (Å²) in [6.07, 6.45) is 3.44. The highest BCUT2D eigenvalue weighted by Gasteiger charge is 2.11. The van der Waals surface area contributed by atoms with Gasteiger partial charge in [-0.3, -0.25) is 4.98 Å². The second-order valence-corrected chi connectivity index (χ2v) is 3.97. The summed E-state index contributed by atoms with van der Waals surface area (Å²) in [5, 5.41) is 0. The molecule has 0 aliphatic heterocycles. The number of nitrogens with zero attached hydrogens (tertiary/aromatic N) is 1. The molecule has 1 heterocycles. The fourth-order valence-electron chi connectivity index (χ4n) is 1.83. The van der Waals surface area contributed by atoms with Crippen molar-refractivity contribution in [2.45, 2.75) is 6.92 Å².